The molecule has 3 aromatic carbocycles. The Kier molecular flexibility index (Phi) is 6.72. The smallest absolute Gasteiger partial charge is 0.282 e. The number of thioether (sulfide) groups is 1. The molecule has 1 fully saturated rings. The zero-order chi connectivity index (χ0) is 25.6. The number of nitro benzene ring substituents is 2. The molecule has 36 heavy (non-hydrogen) atoms. The summed E-state index contributed by atoms with van der Waals surface area (Å²) in [4.78, 5) is 23.0. The molecule has 1 aliphatic carbocycles. The number of fused-ring (bicyclic) bond motifs is 3. The van der Waals surface area contributed by atoms with Crippen LogP contribution in [0.15, 0.2) is 65.6 Å². The molecule has 0 amide bonds. The molecule has 0 saturated heterocycles. The van der Waals surface area contributed by atoms with Gasteiger partial charge < -0.3 is 10.1 Å². The van der Waals surface area contributed by atoms with Gasteiger partial charge in [-0.2, -0.15) is 0 Å². The van der Waals surface area contributed by atoms with Gasteiger partial charge in [-0.15, -0.1) is 23.4 Å². The highest BCUT2D eigenvalue weighted by atomic mass is 35.5. The summed E-state index contributed by atoms with van der Waals surface area (Å²) in [6.07, 6.45) is 0.628. The quantitative estimate of drug-likeness (QED) is 0.198. The number of hydrogen-bond acceptors (Lipinski definition) is 7. The highest BCUT2D eigenvalue weighted by Gasteiger charge is 2.51. The topological polar surface area (TPSA) is 108 Å². The van der Waals surface area contributed by atoms with Gasteiger partial charge in [-0.3, -0.25) is 20.2 Å². The van der Waals surface area contributed by atoms with Crippen LogP contribution in [0.1, 0.15) is 29.5 Å². The molecule has 0 bridgehead atoms. The van der Waals surface area contributed by atoms with Gasteiger partial charge in [0.15, 0.2) is 0 Å². The number of non-ortho nitro benzene ring substituents is 1. The summed E-state index contributed by atoms with van der Waals surface area (Å²) in [6.45, 7) is 0. The normalized spacial score (nSPS) is 24.4. The maximum absolute atomic E-state index is 11.7. The van der Waals surface area contributed by atoms with Crippen LogP contribution >= 0.6 is 35.0 Å². The minimum Gasteiger partial charge on any atom is -0.494 e. The van der Waals surface area contributed by atoms with E-state index >= 15 is 0 Å². The number of ether oxygens (including phenoxy) is 1. The fraction of sp³-hybridized carbons (Fsp3) is 0.280. The van der Waals surface area contributed by atoms with E-state index in [4.69, 9.17) is 27.9 Å². The van der Waals surface area contributed by atoms with E-state index in [1.807, 2.05) is 24.3 Å². The first-order valence-electron chi connectivity index (χ1n) is 11.2. The monoisotopic (exact) mass is 545 g/mol. The molecule has 0 radical (unpaired) electrons. The van der Waals surface area contributed by atoms with Gasteiger partial charge in [0.05, 0.1) is 45.0 Å². The molecule has 1 heterocycles. The van der Waals surface area contributed by atoms with E-state index in [-0.39, 0.29) is 34.5 Å². The molecule has 1 N–H and O–H groups in total. The van der Waals surface area contributed by atoms with E-state index in [2.05, 4.69) is 5.32 Å². The van der Waals surface area contributed by atoms with Crippen molar-refractivity contribution in [1.82, 2.24) is 0 Å². The molecule has 0 aromatic heterocycles. The molecule has 0 spiro atoms. The zero-order valence-electron chi connectivity index (χ0n) is 19.0. The molecule has 11 heteroatoms. The number of nitro groups is 2. The molecular formula is C25H21Cl2N3O5S. The Balaban J connectivity index is 1.62. The van der Waals surface area contributed by atoms with Crippen LogP contribution in [0.2, 0.25) is 5.02 Å². The van der Waals surface area contributed by atoms with Crippen LogP contribution in [-0.4, -0.2) is 27.6 Å². The van der Waals surface area contributed by atoms with Gasteiger partial charge in [0.1, 0.15) is 5.75 Å². The fourth-order valence-corrected chi connectivity index (χ4v) is 7.54. The fourth-order valence-electron chi connectivity index (χ4n) is 5.35. The number of halogens is 2. The number of rotatable bonds is 6. The standard InChI is InChI=1S/C25H21Cl2N3O5S/c1-35-19-11-13(29(31)32)10-15-22-16(24(28-25(15)19)14-6-2-3-7-17(14)26)12-21(23(22)27)36-20-9-5-4-8-18(20)30(33)34/h2-11,16,21-24,28H,12H2,1H3/t16-,21+,22-,23-,24-/m1/s1. The Morgan fingerprint density at radius 1 is 1.03 bits per heavy atom. The van der Waals surface area contributed by atoms with Gasteiger partial charge in [0.25, 0.3) is 11.4 Å². The number of anilines is 1. The van der Waals surface area contributed by atoms with Crippen molar-refractivity contribution in [2.45, 2.75) is 33.9 Å². The summed E-state index contributed by atoms with van der Waals surface area (Å²) < 4.78 is 5.54. The first-order chi connectivity index (χ1) is 17.3. The second-order valence-corrected chi connectivity index (χ2v) is 11.0. The zero-order valence-corrected chi connectivity index (χ0v) is 21.3. The van der Waals surface area contributed by atoms with Crippen LogP contribution in [0, 0.1) is 26.1 Å². The SMILES string of the molecule is COc1cc([N+](=O)[O-])cc2c1N[C@H](c1ccccc1Cl)[C@@H]1C[C@H](Sc3ccccc3[N+](=O)[O-])[C@@H](Cl)[C@H]21. The third-order valence-electron chi connectivity index (χ3n) is 6.88. The largest absolute Gasteiger partial charge is 0.494 e. The summed E-state index contributed by atoms with van der Waals surface area (Å²) in [5.41, 5.74) is 2.19. The second-order valence-electron chi connectivity index (χ2n) is 8.76. The average molecular weight is 546 g/mol. The van der Waals surface area contributed by atoms with Crippen LogP contribution in [0.5, 0.6) is 5.75 Å². The Morgan fingerprint density at radius 3 is 2.44 bits per heavy atom. The number of alkyl halides is 1. The number of hydrogen-bond donors (Lipinski definition) is 1. The first-order valence-corrected chi connectivity index (χ1v) is 12.9. The predicted octanol–water partition coefficient (Wildman–Crippen LogP) is 7.20. The van der Waals surface area contributed by atoms with Crippen LogP contribution in [0.3, 0.4) is 0 Å². The van der Waals surface area contributed by atoms with Crippen molar-refractivity contribution < 1.29 is 14.6 Å². The molecule has 0 unspecified atom stereocenters. The predicted molar refractivity (Wildman–Crippen MR) is 141 cm³/mol. The number of nitrogens with zero attached hydrogens (tertiary/aromatic N) is 2. The van der Waals surface area contributed by atoms with E-state index in [1.165, 1.54) is 31.0 Å². The van der Waals surface area contributed by atoms with Crippen molar-refractivity contribution >= 4 is 52.0 Å². The molecule has 8 nitrogen and oxygen atoms in total. The summed E-state index contributed by atoms with van der Waals surface area (Å²) >= 11 is 15.1. The minimum absolute atomic E-state index is 0.0275. The summed E-state index contributed by atoms with van der Waals surface area (Å²) in [5, 5.41) is 26.8. The molecule has 1 saturated carbocycles. The number of benzene rings is 3. The van der Waals surface area contributed by atoms with E-state index < -0.39 is 15.2 Å². The van der Waals surface area contributed by atoms with E-state index in [0.29, 0.717) is 33.3 Å². The highest BCUT2D eigenvalue weighted by molar-refractivity contribution is 8.00. The van der Waals surface area contributed by atoms with Crippen LogP contribution in [0.4, 0.5) is 17.1 Å². The molecule has 186 valence electrons. The van der Waals surface area contributed by atoms with Gasteiger partial charge in [0, 0.05) is 28.3 Å². The summed E-state index contributed by atoms with van der Waals surface area (Å²) in [7, 11) is 1.47. The lowest BCUT2D eigenvalue weighted by molar-refractivity contribution is -0.387. The van der Waals surface area contributed by atoms with Crippen LogP contribution in [0.25, 0.3) is 0 Å². The van der Waals surface area contributed by atoms with Gasteiger partial charge in [-0.1, -0.05) is 41.9 Å². The maximum atomic E-state index is 11.7. The van der Waals surface area contributed by atoms with Crippen molar-refractivity contribution in [2.75, 3.05) is 12.4 Å². The third kappa shape index (κ3) is 4.25. The molecule has 3 aromatic rings. The van der Waals surface area contributed by atoms with Crippen molar-refractivity contribution in [3.8, 4) is 5.75 Å². The van der Waals surface area contributed by atoms with Gasteiger partial charge >= 0.3 is 0 Å². The first kappa shape index (κ1) is 24.7. The second kappa shape index (κ2) is 9.80. The Bertz CT molecular complexity index is 1360. The summed E-state index contributed by atoms with van der Waals surface area (Å²) in [6, 6.07) is 16.9. The van der Waals surface area contributed by atoms with Crippen LogP contribution < -0.4 is 10.1 Å². The van der Waals surface area contributed by atoms with Crippen molar-refractivity contribution in [3.05, 3.63) is 97.0 Å². The number of methoxy groups -OCH3 is 1. The van der Waals surface area contributed by atoms with E-state index in [0.717, 1.165) is 5.56 Å². The van der Waals surface area contributed by atoms with Crippen LogP contribution in [-0.2, 0) is 0 Å². The number of para-hydroxylation sites is 1. The lowest BCUT2D eigenvalue weighted by Crippen LogP contribution is -2.31. The molecule has 1 aliphatic heterocycles. The van der Waals surface area contributed by atoms with Crippen molar-refractivity contribution in [1.29, 1.82) is 0 Å². The molecule has 2 aliphatic rings. The Morgan fingerprint density at radius 2 is 1.75 bits per heavy atom. The summed E-state index contributed by atoms with van der Waals surface area (Å²) in [5.74, 6) is 0.0264. The van der Waals surface area contributed by atoms with Gasteiger partial charge in [-0.25, -0.2) is 0 Å². The molecule has 5 atom stereocenters. The van der Waals surface area contributed by atoms with E-state index in [9.17, 15) is 20.2 Å². The maximum Gasteiger partial charge on any atom is 0.282 e. The molecular weight excluding hydrogens is 525 g/mol. The Hall–Kier alpha value is -3.01. The van der Waals surface area contributed by atoms with E-state index in [1.54, 1.807) is 24.3 Å². The minimum atomic E-state index is -0.449. The van der Waals surface area contributed by atoms with Gasteiger partial charge in [-0.05, 0) is 35.6 Å². The van der Waals surface area contributed by atoms with Crippen molar-refractivity contribution in [2.24, 2.45) is 5.92 Å². The lowest BCUT2D eigenvalue weighted by Gasteiger charge is -2.39. The molecule has 5 rings (SSSR count). The highest BCUT2D eigenvalue weighted by Crippen LogP contribution is 2.60. The third-order valence-corrected chi connectivity index (χ3v) is 9.34. The lowest BCUT2D eigenvalue weighted by atomic mass is 9.77. The number of nitrogens with one attached hydrogen (secondary N) is 1. The average Bonchev–Trinajstić information content (AvgIpc) is 3.19. The Labute approximate surface area is 221 Å². The van der Waals surface area contributed by atoms with Gasteiger partial charge in [0.2, 0.25) is 0 Å². The van der Waals surface area contributed by atoms with Crippen molar-refractivity contribution in [3.63, 3.8) is 0 Å².